The highest BCUT2D eigenvalue weighted by molar-refractivity contribution is 5.82. The van der Waals surface area contributed by atoms with Gasteiger partial charge in [-0.25, -0.2) is 15.0 Å². The standard InChI is InChI=1S/C20H19N5O/c1-26-20-13-21-17(12-22-20)14-5-6-16-18(11-14)25-10-9-24(15-3-2-4-15)8-7-19(25)23-16/h2-6,11-13H,7-10H2,1H3. The fraction of sp³-hybridized carbons (Fsp3) is 0.250. The van der Waals surface area contributed by atoms with Gasteiger partial charge >= 0.3 is 0 Å². The minimum absolute atomic E-state index is 0.521. The lowest BCUT2D eigenvalue weighted by atomic mass is 10.1. The van der Waals surface area contributed by atoms with Crippen molar-refractivity contribution in [3.8, 4) is 17.1 Å². The number of ether oxygens (including phenoxy) is 1. The van der Waals surface area contributed by atoms with Crippen molar-refractivity contribution in [1.82, 2.24) is 24.4 Å². The Kier molecular flexibility index (Phi) is 3.48. The zero-order valence-electron chi connectivity index (χ0n) is 14.6. The van der Waals surface area contributed by atoms with Crippen molar-refractivity contribution in [3.05, 3.63) is 60.3 Å². The molecule has 6 nitrogen and oxygen atoms in total. The smallest absolute Gasteiger partial charge is 0.232 e. The molecule has 0 amide bonds. The molecule has 6 heteroatoms. The largest absolute Gasteiger partial charge is 0.480 e. The summed E-state index contributed by atoms with van der Waals surface area (Å²) in [5.74, 6) is 1.68. The van der Waals surface area contributed by atoms with Crippen LogP contribution in [0.5, 0.6) is 5.88 Å². The maximum atomic E-state index is 5.09. The average molecular weight is 345 g/mol. The van der Waals surface area contributed by atoms with Crippen LogP contribution in [0.3, 0.4) is 0 Å². The van der Waals surface area contributed by atoms with Gasteiger partial charge in [-0.1, -0.05) is 12.1 Å². The maximum absolute atomic E-state index is 5.09. The molecule has 0 spiro atoms. The highest BCUT2D eigenvalue weighted by atomic mass is 16.5. The lowest BCUT2D eigenvalue weighted by Gasteiger charge is -2.25. The van der Waals surface area contributed by atoms with Crippen molar-refractivity contribution in [2.75, 3.05) is 20.2 Å². The van der Waals surface area contributed by atoms with Crippen LogP contribution in [0.15, 0.2) is 54.5 Å². The monoisotopic (exact) mass is 345 g/mol. The molecule has 130 valence electrons. The Hall–Kier alpha value is -3.15. The van der Waals surface area contributed by atoms with E-state index >= 15 is 0 Å². The van der Waals surface area contributed by atoms with Crippen molar-refractivity contribution in [3.63, 3.8) is 0 Å². The molecular formula is C20H19N5O. The summed E-state index contributed by atoms with van der Waals surface area (Å²) < 4.78 is 7.44. The maximum Gasteiger partial charge on any atom is 0.232 e. The molecule has 1 aliphatic heterocycles. The summed E-state index contributed by atoms with van der Waals surface area (Å²) >= 11 is 0. The van der Waals surface area contributed by atoms with Crippen LogP contribution in [0.1, 0.15) is 5.82 Å². The second-order valence-corrected chi connectivity index (χ2v) is 6.51. The first-order valence-corrected chi connectivity index (χ1v) is 8.81. The third-order valence-corrected chi connectivity index (χ3v) is 5.06. The molecule has 0 bridgehead atoms. The molecule has 2 aromatic heterocycles. The molecule has 0 unspecified atom stereocenters. The van der Waals surface area contributed by atoms with Gasteiger partial charge in [-0.2, -0.15) is 0 Å². The highest BCUT2D eigenvalue weighted by Gasteiger charge is 2.19. The molecule has 0 N–H and O–H groups in total. The van der Waals surface area contributed by atoms with Gasteiger partial charge in [0.05, 0.1) is 36.2 Å². The number of nitrogens with zero attached hydrogens (tertiary/aromatic N) is 5. The number of fused-ring (bicyclic) bond motifs is 3. The van der Waals surface area contributed by atoms with Crippen LogP contribution in [-0.2, 0) is 13.0 Å². The normalized spacial score (nSPS) is 16.0. The van der Waals surface area contributed by atoms with Crippen molar-refractivity contribution in [1.29, 1.82) is 0 Å². The highest BCUT2D eigenvalue weighted by Crippen LogP contribution is 2.26. The van der Waals surface area contributed by atoms with Crippen LogP contribution in [0.25, 0.3) is 22.3 Å². The Labute approximate surface area is 151 Å². The van der Waals surface area contributed by atoms with Crippen LogP contribution >= 0.6 is 0 Å². The van der Waals surface area contributed by atoms with Crippen LogP contribution < -0.4 is 4.74 Å². The number of hydrogen-bond donors (Lipinski definition) is 0. The van der Waals surface area contributed by atoms with Crippen molar-refractivity contribution < 1.29 is 4.74 Å². The summed E-state index contributed by atoms with van der Waals surface area (Å²) in [5.41, 5.74) is 5.41. The van der Waals surface area contributed by atoms with E-state index < -0.39 is 0 Å². The summed E-state index contributed by atoms with van der Waals surface area (Å²) in [4.78, 5) is 16.0. The molecular weight excluding hydrogens is 326 g/mol. The van der Waals surface area contributed by atoms with Gasteiger partial charge in [0.25, 0.3) is 0 Å². The number of imidazole rings is 1. The SMILES string of the molecule is COc1cnc(-c2ccc3nc4n(c3c2)CCN(C2=CC=C2)CC4)cn1. The fourth-order valence-electron chi connectivity index (χ4n) is 3.56. The van der Waals surface area contributed by atoms with Gasteiger partial charge in [-0.15, -0.1) is 0 Å². The number of allylic oxidation sites excluding steroid dienone is 3. The number of hydrogen-bond acceptors (Lipinski definition) is 5. The summed E-state index contributed by atoms with van der Waals surface area (Å²) in [6.07, 6.45) is 10.8. The molecule has 2 aliphatic rings. The fourth-order valence-corrected chi connectivity index (χ4v) is 3.56. The first-order valence-electron chi connectivity index (χ1n) is 8.81. The van der Waals surface area contributed by atoms with Crippen LogP contribution in [-0.4, -0.2) is 44.6 Å². The van der Waals surface area contributed by atoms with E-state index in [-0.39, 0.29) is 0 Å². The third kappa shape index (κ3) is 2.45. The third-order valence-electron chi connectivity index (χ3n) is 5.06. The Morgan fingerprint density at radius 2 is 2.00 bits per heavy atom. The number of aromatic nitrogens is 4. The van der Waals surface area contributed by atoms with Crippen molar-refractivity contribution in [2.24, 2.45) is 0 Å². The van der Waals surface area contributed by atoms with E-state index in [2.05, 4.69) is 55.9 Å². The van der Waals surface area contributed by atoms with E-state index in [9.17, 15) is 0 Å². The minimum Gasteiger partial charge on any atom is -0.480 e. The van der Waals surface area contributed by atoms with Crippen LogP contribution in [0, 0.1) is 0 Å². The van der Waals surface area contributed by atoms with E-state index in [1.165, 1.54) is 5.70 Å². The lowest BCUT2D eigenvalue weighted by Crippen LogP contribution is -2.26. The molecule has 1 aliphatic carbocycles. The molecule has 0 saturated heterocycles. The quantitative estimate of drug-likeness (QED) is 0.731. The second kappa shape index (κ2) is 5.98. The van der Waals surface area contributed by atoms with Gasteiger partial charge in [0.2, 0.25) is 5.88 Å². The Bertz CT molecular complexity index is 1030. The first kappa shape index (κ1) is 15.1. The van der Waals surface area contributed by atoms with Gasteiger partial charge in [0.15, 0.2) is 0 Å². The molecule has 0 radical (unpaired) electrons. The summed E-state index contributed by atoms with van der Waals surface area (Å²) in [6, 6.07) is 6.30. The number of benzene rings is 1. The van der Waals surface area contributed by atoms with Crippen LogP contribution in [0.4, 0.5) is 0 Å². The Morgan fingerprint density at radius 1 is 1.08 bits per heavy atom. The van der Waals surface area contributed by atoms with E-state index in [0.29, 0.717) is 5.88 Å². The molecule has 0 atom stereocenters. The van der Waals surface area contributed by atoms with E-state index in [1.54, 1.807) is 19.5 Å². The van der Waals surface area contributed by atoms with Gasteiger partial charge < -0.3 is 14.2 Å². The number of rotatable bonds is 3. The predicted molar refractivity (Wildman–Crippen MR) is 99.8 cm³/mol. The van der Waals surface area contributed by atoms with E-state index in [1.807, 2.05) is 0 Å². The summed E-state index contributed by atoms with van der Waals surface area (Å²) in [7, 11) is 1.59. The molecule has 3 aromatic rings. The van der Waals surface area contributed by atoms with Gasteiger partial charge in [0, 0.05) is 37.3 Å². The van der Waals surface area contributed by atoms with E-state index in [4.69, 9.17) is 9.72 Å². The van der Waals surface area contributed by atoms with Gasteiger partial charge in [-0.3, -0.25) is 0 Å². The van der Waals surface area contributed by atoms with Crippen molar-refractivity contribution in [2.45, 2.75) is 13.0 Å². The first-order chi connectivity index (χ1) is 12.8. The van der Waals surface area contributed by atoms with Crippen molar-refractivity contribution >= 4 is 11.0 Å². The average Bonchev–Trinajstić information content (AvgIpc) is 2.86. The van der Waals surface area contributed by atoms with Gasteiger partial charge in [0.1, 0.15) is 5.82 Å². The lowest BCUT2D eigenvalue weighted by molar-refractivity contribution is 0.359. The molecule has 5 rings (SSSR count). The molecule has 3 heterocycles. The molecule has 26 heavy (non-hydrogen) atoms. The predicted octanol–water partition coefficient (Wildman–Crippen LogP) is 2.81. The minimum atomic E-state index is 0.521. The Balaban J connectivity index is 1.49. The Morgan fingerprint density at radius 3 is 2.73 bits per heavy atom. The zero-order chi connectivity index (χ0) is 17.5. The zero-order valence-corrected chi connectivity index (χ0v) is 14.6. The topological polar surface area (TPSA) is 56.1 Å². The van der Waals surface area contributed by atoms with E-state index in [0.717, 1.165) is 54.2 Å². The van der Waals surface area contributed by atoms with Crippen LogP contribution in [0.2, 0.25) is 0 Å². The molecule has 0 saturated carbocycles. The summed E-state index contributed by atoms with van der Waals surface area (Å²) in [6.45, 7) is 2.95. The number of methoxy groups -OCH3 is 1. The molecule has 1 aromatic carbocycles. The molecule has 0 fully saturated rings. The second-order valence-electron chi connectivity index (χ2n) is 6.51. The van der Waals surface area contributed by atoms with Gasteiger partial charge in [-0.05, 0) is 24.3 Å². The summed E-state index contributed by atoms with van der Waals surface area (Å²) in [5, 5.41) is 0.